The largest absolute Gasteiger partial charge is 0.366 e. The highest BCUT2D eigenvalue weighted by molar-refractivity contribution is 6.01. The zero-order valence-electron chi connectivity index (χ0n) is 16.8. The number of rotatable bonds is 6. The molecule has 2 aromatic carbocycles. The van der Waals surface area contributed by atoms with Gasteiger partial charge in [-0.15, -0.1) is 0 Å². The molecule has 0 saturated heterocycles. The number of benzene rings is 2. The monoisotopic (exact) mass is 398 g/mol. The molecule has 0 saturated carbocycles. The molecule has 2 heterocycles. The van der Waals surface area contributed by atoms with Crippen molar-refractivity contribution in [3.63, 3.8) is 0 Å². The number of para-hydroxylation sites is 2. The summed E-state index contributed by atoms with van der Waals surface area (Å²) in [5.74, 6) is 0.659. The van der Waals surface area contributed by atoms with E-state index in [0.29, 0.717) is 22.9 Å². The van der Waals surface area contributed by atoms with Crippen molar-refractivity contribution < 1.29 is 4.79 Å². The van der Waals surface area contributed by atoms with E-state index in [1.54, 1.807) is 30.6 Å². The Morgan fingerprint density at radius 3 is 2.60 bits per heavy atom. The molecule has 0 spiro atoms. The van der Waals surface area contributed by atoms with E-state index in [4.69, 9.17) is 15.7 Å². The molecule has 0 unspecified atom stereocenters. The van der Waals surface area contributed by atoms with Gasteiger partial charge in [-0.3, -0.25) is 9.78 Å². The van der Waals surface area contributed by atoms with E-state index in [-0.39, 0.29) is 0 Å². The molecule has 7 nitrogen and oxygen atoms in total. The first kappa shape index (κ1) is 19.5. The molecule has 1 amide bonds. The maximum Gasteiger partial charge on any atom is 0.250 e. The Kier molecular flexibility index (Phi) is 5.36. The Balaban J connectivity index is 1.93. The summed E-state index contributed by atoms with van der Waals surface area (Å²) >= 11 is 0. The lowest BCUT2D eigenvalue weighted by Crippen LogP contribution is -2.14. The number of anilines is 2. The summed E-state index contributed by atoms with van der Waals surface area (Å²) in [7, 11) is 4.04. The highest BCUT2D eigenvalue weighted by Crippen LogP contribution is 2.30. The van der Waals surface area contributed by atoms with Crippen molar-refractivity contribution in [1.82, 2.24) is 19.9 Å². The van der Waals surface area contributed by atoms with Crippen LogP contribution >= 0.6 is 0 Å². The van der Waals surface area contributed by atoms with Gasteiger partial charge in [-0.1, -0.05) is 24.3 Å². The minimum atomic E-state index is -0.503. The van der Waals surface area contributed by atoms with Crippen LogP contribution < -0.4 is 11.1 Å². The SMILES string of the molecule is CN(C)Cc1cccc2c(Nc3ccccc3C(N)=O)nc(-c3cccnc3)nc12. The van der Waals surface area contributed by atoms with Crippen LogP contribution in [0.15, 0.2) is 67.0 Å². The number of nitrogens with two attached hydrogens (primary N) is 1. The average molecular weight is 398 g/mol. The number of aromatic nitrogens is 3. The molecule has 0 aliphatic carbocycles. The molecular formula is C23H22N6O. The standard InChI is InChI=1S/C23H22N6O/c1-29(2)14-16-7-5-10-18-20(16)27-22(15-8-6-12-25-13-15)28-23(18)26-19-11-4-3-9-17(19)21(24)30/h3-13H,14H2,1-2H3,(H2,24,30)(H,26,27,28). The Morgan fingerprint density at radius 1 is 1.03 bits per heavy atom. The van der Waals surface area contributed by atoms with E-state index in [1.165, 1.54) is 0 Å². The van der Waals surface area contributed by atoms with Crippen molar-refractivity contribution >= 4 is 28.3 Å². The minimum Gasteiger partial charge on any atom is -0.366 e. The molecule has 4 rings (SSSR count). The van der Waals surface area contributed by atoms with Crippen LogP contribution in [0.2, 0.25) is 0 Å². The lowest BCUT2D eigenvalue weighted by molar-refractivity contribution is 0.100. The van der Waals surface area contributed by atoms with Gasteiger partial charge in [0.15, 0.2) is 5.82 Å². The van der Waals surface area contributed by atoms with Gasteiger partial charge in [0.05, 0.1) is 16.8 Å². The predicted molar refractivity (Wildman–Crippen MR) is 118 cm³/mol. The number of carbonyl (C=O) groups excluding carboxylic acids is 1. The lowest BCUT2D eigenvalue weighted by Gasteiger charge is -2.16. The summed E-state index contributed by atoms with van der Waals surface area (Å²) in [6, 6.07) is 16.9. The number of hydrogen-bond acceptors (Lipinski definition) is 6. The van der Waals surface area contributed by atoms with Crippen molar-refractivity contribution in [2.75, 3.05) is 19.4 Å². The van der Waals surface area contributed by atoms with Gasteiger partial charge in [0, 0.05) is 29.9 Å². The zero-order chi connectivity index (χ0) is 21.1. The number of hydrogen-bond donors (Lipinski definition) is 2. The van der Waals surface area contributed by atoms with E-state index in [0.717, 1.165) is 28.6 Å². The average Bonchev–Trinajstić information content (AvgIpc) is 2.74. The number of nitrogens with zero attached hydrogens (tertiary/aromatic N) is 4. The van der Waals surface area contributed by atoms with Crippen LogP contribution in [0.3, 0.4) is 0 Å². The molecule has 0 aliphatic rings. The van der Waals surface area contributed by atoms with E-state index >= 15 is 0 Å². The van der Waals surface area contributed by atoms with E-state index in [2.05, 4.69) is 21.3 Å². The van der Waals surface area contributed by atoms with Crippen molar-refractivity contribution in [3.05, 3.63) is 78.1 Å². The van der Waals surface area contributed by atoms with Crippen molar-refractivity contribution in [3.8, 4) is 11.4 Å². The van der Waals surface area contributed by atoms with Crippen LogP contribution in [-0.4, -0.2) is 39.9 Å². The molecular weight excluding hydrogens is 376 g/mol. The molecule has 2 aromatic heterocycles. The summed E-state index contributed by atoms with van der Waals surface area (Å²) in [6.07, 6.45) is 3.45. The van der Waals surface area contributed by atoms with Gasteiger partial charge in [0.1, 0.15) is 5.82 Å². The molecule has 4 aromatic rings. The van der Waals surface area contributed by atoms with Crippen LogP contribution in [0.5, 0.6) is 0 Å². The quantitative estimate of drug-likeness (QED) is 0.515. The third kappa shape index (κ3) is 3.97. The smallest absolute Gasteiger partial charge is 0.250 e. The fraction of sp³-hybridized carbons (Fsp3) is 0.130. The summed E-state index contributed by atoms with van der Waals surface area (Å²) in [4.78, 5) is 27.8. The van der Waals surface area contributed by atoms with E-state index in [9.17, 15) is 4.79 Å². The van der Waals surface area contributed by atoms with Gasteiger partial charge in [-0.2, -0.15) is 0 Å². The number of primary amides is 1. The van der Waals surface area contributed by atoms with Crippen LogP contribution in [0.4, 0.5) is 11.5 Å². The molecule has 0 radical (unpaired) electrons. The fourth-order valence-electron chi connectivity index (χ4n) is 3.33. The van der Waals surface area contributed by atoms with Crippen LogP contribution in [-0.2, 0) is 6.54 Å². The van der Waals surface area contributed by atoms with Gasteiger partial charge in [-0.25, -0.2) is 9.97 Å². The number of pyridine rings is 1. The summed E-state index contributed by atoms with van der Waals surface area (Å²) in [5, 5.41) is 4.16. The topological polar surface area (TPSA) is 97.0 Å². The van der Waals surface area contributed by atoms with Crippen molar-refractivity contribution in [2.45, 2.75) is 6.54 Å². The minimum absolute atomic E-state index is 0.400. The van der Waals surface area contributed by atoms with Crippen LogP contribution in [0.25, 0.3) is 22.3 Å². The molecule has 0 bridgehead atoms. The Bertz CT molecular complexity index is 1210. The molecule has 7 heteroatoms. The lowest BCUT2D eigenvalue weighted by atomic mass is 10.1. The Morgan fingerprint density at radius 2 is 1.87 bits per heavy atom. The highest BCUT2D eigenvalue weighted by Gasteiger charge is 2.15. The summed E-state index contributed by atoms with van der Waals surface area (Å²) in [6.45, 7) is 0.734. The highest BCUT2D eigenvalue weighted by atomic mass is 16.1. The Labute approximate surface area is 174 Å². The third-order valence-corrected chi connectivity index (χ3v) is 4.66. The molecule has 150 valence electrons. The van der Waals surface area contributed by atoms with Crippen LogP contribution in [0.1, 0.15) is 15.9 Å². The normalized spacial score (nSPS) is 11.0. The molecule has 0 aliphatic heterocycles. The molecule has 30 heavy (non-hydrogen) atoms. The van der Waals surface area contributed by atoms with Gasteiger partial charge >= 0.3 is 0 Å². The maximum atomic E-state index is 11.9. The first-order valence-electron chi connectivity index (χ1n) is 9.53. The van der Waals surface area contributed by atoms with Crippen LogP contribution in [0, 0.1) is 0 Å². The van der Waals surface area contributed by atoms with E-state index in [1.807, 2.05) is 44.4 Å². The maximum absolute atomic E-state index is 11.9. The molecule has 3 N–H and O–H groups in total. The molecule has 0 fully saturated rings. The van der Waals surface area contributed by atoms with Gasteiger partial charge in [0.2, 0.25) is 0 Å². The van der Waals surface area contributed by atoms with Crippen molar-refractivity contribution in [2.24, 2.45) is 5.73 Å². The van der Waals surface area contributed by atoms with E-state index < -0.39 is 5.91 Å². The fourth-order valence-corrected chi connectivity index (χ4v) is 3.33. The summed E-state index contributed by atoms with van der Waals surface area (Å²) in [5.41, 5.74) is 9.29. The first-order chi connectivity index (χ1) is 14.5. The second-order valence-electron chi connectivity index (χ2n) is 7.22. The number of fused-ring (bicyclic) bond motifs is 1. The zero-order valence-corrected chi connectivity index (χ0v) is 16.8. The van der Waals surface area contributed by atoms with Gasteiger partial charge < -0.3 is 16.0 Å². The van der Waals surface area contributed by atoms with Crippen molar-refractivity contribution in [1.29, 1.82) is 0 Å². The molecule has 0 atom stereocenters. The Hall–Kier alpha value is -3.84. The first-order valence-corrected chi connectivity index (χ1v) is 9.53. The van der Waals surface area contributed by atoms with Gasteiger partial charge in [-0.05, 0) is 50.0 Å². The van der Waals surface area contributed by atoms with Gasteiger partial charge in [0.25, 0.3) is 5.91 Å². The second kappa shape index (κ2) is 8.26. The number of nitrogens with one attached hydrogen (secondary N) is 1. The number of carbonyl (C=O) groups is 1. The number of amides is 1. The predicted octanol–water partition coefficient (Wildman–Crippen LogP) is 3.60. The summed E-state index contributed by atoms with van der Waals surface area (Å²) < 4.78 is 0. The third-order valence-electron chi connectivity index (χ3n) is 4.66. The second-order valence-corrected chi connectivity index (χ2v) is 7.22.